The first-order chi connectivity index (χ1) is 10.8. The summed E-state index contributed by atoms with van der Waals surface area (Å²) in [5.41, 5.74) is 1.32. The third-order valence-electron chi connectivity index (χ3n) is 2.99. The fraction of sp³-hybridized carbons (Fsp3) is 0.133. The number of amides is 1. The number of carbonyl (C=O) groups excluding carboxylic acids is 1. The van der Waals surface area contributed by atoms with E-state index in [2.05, 4.69) is 10.6 Å². The molecule has 0 heterocycles. The average molecular weight is 337 g/mol. The summed E-state index contributed by atoms with van der Waals surface area (Å²) < 4.78 is 35.0. The second-order valence-electron chi connectivity index (χ2n) is 4.85. The van der Waals surface area contributed by atoms with E-state index < -0.39 is 10.0 Å². The first-order valence-corrected chi connectivity index (χ1v) is 8.27. The van der Waals surface area contributed by atoms with Crippen molar-refractivity contribution in [3.8, 4) is 0 Å². The summed E-state index contributed by atoms with van der Waals surface area (Å²) >= 11 is 0. The van der Waals surface area contributed by atoms with Gasteiger partial charge in [0.15, 0.2) is 0 Å². The number of nitrogens with one attached hydrogen (secondary N) is 2. The van der Waals surface area contributed by atoms with Gasteiger partial charge in [-0.25, -0.2) is 17.9 Å². The van der Waals surface area contributed by atoms with Crippen LogP contribution in [0, 0.1) is 5.82 Å². The molecule has 0 spiro atoms. The van der Waals surface area contributed by atoms with Gasteiger partial charge in [0.2, 0.25) is 15.9 Å². The largest absolute Gasteiger partial charge is 0.325 e. The Balaban J connectivity index is 1.80. The molecular weight excluding hydrogens is 321 g/mol. The molecule has 6 nitrogen and oxygen atoms in total. The minimum atomic E-state index is -3.70. The molecule has 0 aliphatic rings. The van der Waals surface area contributed by atoms with Gasteiger partial charge in [-0.3, -0.25) is 4.79 Å². The lowest BCUT2D eigenvalue weighted by molar-refractivity contribution is -0.115. The molecule has 0 saturated carbocycles. The lowest BCUT2D eigenvalue weighted by atomic mass is 10.2. The van der Waals surface area contributed by atoms with Gasteiger partial charge < -0.3 is 10.6 Å². The van der Waals surface area contributed by atoms with E-state index in [1.165, 1.54) is 36.4 Å². The predicted molar refractivity (Wildman–Crippen MR) is 84.6 cm³/mol. The highest BCUT2D eigenvalue weighted by Gasteiger charge is 2.07. The van der Waals surface area contributed by atoms with Crippen LogP contribution >= 0.6 is 0 Å². The number of hydrogen-bond donors (Lipinski definition) is 3. The van der Waals surface area contributed by atoms with Crippen molar-refractivity contribution in [2.45, 2.75) is 11.4 Å². The van der Waals surface area contributed by atoms with Crippen LogP contribution in [-0.2, 0) is 21.4 Å². The molecule has 0 aromatic heterocycles. The maximum absolute atomic E-state index is 12.7. The van der Waals surface area contributed by atoms with Crippen LogP contribution < -0.4 is 15.8 Å². The van der Waals surface area contributed by atoms with Gasteiger partial charge in [0.1, 0.15) is 5.82 Å². The maximum atomic E-state index is 12.7. The second kappa shape index (κ2) is 7.32. The quantitative estimate of drug-likeness (QED) is 0.737. The van der Waals surface area contributed by atoms with Gasteiger partial charge in [-0.15, -0.1) is 0 Å². The van der Waals surface area contributed by atoms with Crippen LogP contribution in [0.5, 0.6) is 0 Å². The first-order valence-electron chi connectivity index (χ1n) is 6.72. The summed E-state index contributed by atoms with van der Waals surface area (Å²) in [4.78, 5) is 11.7. The number of anilines is 1. The van der Waals surface area contributed by atoms with E-state index in [-0.39, 0.29) is 23.2 Å². The van der Waals surface area contributed by atoms with Gasteiger partial charge in [-0.05, 0) is 42.0 Å². The zero-order chi connectivity index (χ0) is 16.9. The molecule has 0 unspecified atom stereocenters. The zero-order valence-electron chi connectivity index (χ0n) is 12.1. The Morgan fingerprint density at radius 1 is 1.04 bits per heavy atom. The summed E-state index contributed by atoms with van der Waals surface area (Å²) in [7, 11) is -3.70. The Morgan fingerprint density at radius 2 is 1.65 bits per heavy atom. The van der Waals surface area contributed by atoms with E-state index in [0.717, 1.165) is 5.56 Å². The maximum Gasteiger partial charge on any atom is 0.238 e. The van der Waals surface area contributed by atoms with Crippen LogP contribution in [0.2, 0.25) is 0 Å². The molecule has 23 heavy (non-hydrogen) atoms. The first kappa shape index (κ1) is 17.1. The fourth-order valence-corrected chi connectivity index (χ4v) is 2.37. The van der Waals surface area contributed by atoms with Crippen LogP contribution in [-0.4, -0.2) is 20.9 Å². The summed E-state index contributed by atoms with van der Waals surface area (Å²) in [6.07, 6.45) is 0. The van der Waals surface area contributed by atoms with Crippen LogP contribution in [0.25, 0.3) is 0 Å². The van der Waals surface area contributed by atoms with Crippen molar-refractivity contribution in [2.75, 3.05) is 11.9 Å². The van der Waals surface area contributed by atoms with E-state index >= 15 is 0 Å². The van der Waals surface area contributed by atoms with Crippen molar-refractivity contribution in [2.24, 2.45) is 5.14 Å². The van der Waals surface area contributed by atoms with E-state index in [1.807, 2.05) is 0 Å². The number of halogens is 1. The number of carbonyl (C=O) groups is 1. The summed E-state index contributed by atoms with van der Waals surface area (Å²) in [5.74, 6) is -0.637. The lowest BCUT2D eigenvalue weighted by Gasteiger charge is -2.07. The molecule has 4 N–H and O–H groups in total. The molecule has 0 bridgehead atoms. The van der Waals surface area contributed by atoms with Crippen LogP contribution in [0.4, 0.5) is 10.1 Å². The Bertz CT molecular complexity index is 775. The SMILES string of the molecule is NS(=O)(=O)c1ccc(CNCC(=O)Nc2ccc(F)cc2)cc1. The highest BCUT2D eigenvalue weighted by Crippen LogP contribution is 2.09. The van der Waals surface area contributed by atoms with Crippen molar-refractivity contribution in [3.63, 3.8) is 0 Å². The van der Waals surface area contributed by atoms with Crippen LogP contribution in [0.15, 0.2) is 53.4 Å². The standard InChI is InChI=1S/C15H16FN3O3S/c16-12-3-5-13(6-4-12)19-15(20)10-18-9-11-1-7-14(8-2-11)23(17,21)22/h1-8,18H,9-10H2,(H,19,20)(H2,17,21,22). The van der Waals surface area contributed by atoms with Crippen LogP contribution in [0.1, 0.15) is 5.56 Å². The van der Waals surface area contributed by atoms with E-state index in [0.29, 0.717) is 12.2 Å². The highest BCUT2D eigenvalue weighted by molar-refractivity contribution is 7.89. The minimum Gasteiger partial charge on any atom is -0.325 e. The molecule has 2 rings (SSSR count). The monoisotopic (exact) mass is 337 g/mol. The average Bonchev–Trinajstić information content (AvgIpc) is 2.49. The molecule has 0 atom stereocenters. The van der Waals surface area contributed by atoms with Crippen molar-refractivity contribution in [1.82, 2.24) is 5.32 Å². The Labute approximate surface area is 133 Å². The normalized spacial score (nSPS) is 11.2. The van der Waals surface area contributed by atoms with E-state index in [9.17, 15) is 17.6 Å². The smallest absolute Gasteiger partial charge is 0.238 e. The van der Waals surface area contributed by atoms with E-state index in [4.69, 9.17) is 5.14 Å². The number of rotatable bonds is 6. The molecule has 2 aromatic rings. The van der Waals surface area contributed by atoms with Gasteiger partial charge in [-0.2, -0.15) is 0 Å². The van der Waals surface area contributed by atoms with Crippen molar-refractivity contribution in [3.05, 3.63) is 59.9 Å². The van der Waals surface area contributed by atoms with Gasteiger partial charge in [0.25, 0.3) is 0 Å². The fourth-order valence-electron chi connectivity index (χ4n) is 1.86. The molecule has 122 valence electrons. The minimum absolute atomic E-state index is 0.0373. The van der Waals surface area contributed by atoms with Crippen LogP contribution in [0.3, 0.4) is 0 Å². The van der Waals surface area contributed by atoms with Crippen molar-refractivity contribution in [1.29, 1.82) is 0 Å². The molecule has 0 saturated heterocycles. The Hall–Kier alpha value is -2.29. The van der Waals surface area contributed by atoms with Gasteiger partial charge in [-0.1, -0.05) is 12.1 Å². The number of sulfonamides is 1. The third kappa shape index (κ3) is 5.44. The number of nitrogens with two attached hydrogens (primary N) is 1. The molecule has 0 aliphatic carbocycles. The summed E-state index contributed by atoms with van der Waals surface area (Å²) in [6, 6.07) is 11.5. The van der Waals surface area contributed by atoms with Gasteiger partial charge in [0.05, 0.1) is 11.4 Å². The number of hydrogen-bond acceptors (Lipinski definition) is 4. The lowest BCUT2D eigenvalue weighted by Crippen LogP contribution is -2.27. The van der Waals surface area contributed by atoms with Crippen molar-refractivity contribution >= 4 is 21.6 Å². The number of primary sulfonamides is 1. The van der Waals surface area contributed by atoms with Crippen molar-refractivity contribution < 1.29 is 17.6 Å². The predicted octanol–water partition coefficient (Wildman–Crippen LogP) is 1.20. The third-order valence-corrected chi connectivity index (χ3v) is 3.92. The summed E-state index contributed by atoms with van der Waals surface area (Å²) in [5, 5.41) is 10.6. The summed E-state index contributed by atoms with van der Waals surface area (Å²) in [6.45, 7) is 0.454. The molecule has 0 fully saturated rings. The molecule has 0 radical (unpaired) electrons. The highest BCUT2D eigenvalue weighted by atomic mass is 32.2. The Kier molecular flexibility index (Phi) is 5.43. The zero-order valence-corrected chi connectivity index (χ0v) is 12.9. The van der Waals surface area contributed by atoms with E-state index in [1.54, 1.807) is 12.1 Å². The van der Waals surface area contributed by atoms with Gasteiger partial charge >= 0.3 is 0 Å². The number of benzene rings is 2. The molecular formula is C15H16FN3O3S. The topological polar surface area (TPSA) is 101 Å². The Morgan fingerprint density at radius 3 is 2.22 bits per heavy atom. The molecule has 2 aromatic carbocycles. The molecule has 1 amide bonds. The molecule has 0 aliphatic heterocycles. The second-order valence-corrected chi connectivity index (χ2v) is 6.41. The van der Waals surface area contributed by atoms with Gasteiger partial charge in [0, 0.05) is 12.2 Å². The molecule has 8 heteroatoms.